The Bertz CT molecular complexity index is 435. The molecule has 6 heteroatoms. The number of hydrogen-bond acceptors (Lipinski definition) is 4. The standard InChI is InChI=1S/C12H15F2NO3/c1-3-17-11(16)12(2,15)7-18-10-6-8(13)4-5-9(10)14/h4-6H,3,7,15H2,1-2H3. The SMILES string of the molecule is CCOC(=O)C(C)(N)COc1cc(F)ccc1F. The lowest BCUT2D eigenvalue weighted by molar-refractivity contribution is -0.150. The number of nitrogens with two attached hydrogens (primary N) is 1. The van der Waals surface area contributed by atoms with Crippen molar-refractivity contribution in [3.63, 3.8) is 0 Å². The molecule has 100 valence electrons. The van der Waals surface area contributed by atoms with Crippen LogP contribution in [-0.4, -0.2) is 24.7 Å². The second kappa shape index (κ2) is 5.77. The highest BCUT2D eigenvalue weighted by molar-refractivity contribution is 5.80. The van der Waals surface area contributed by atoms with Crippen LogP contribution < -0.4 is 10.5 Å². The van der Waals surface area contributed by atoms with Crippen LogP contribution in [0.1, 0.15) is 13.8 Å². The van der Waals surface area contributed by atoms with Crippen LogP contribution in [0.5, 0.6) is 5.75 Å². The van der Waals surface area contributed by atoms with E-state index in [1.54, 1.807) is 6.92 Å². The summed E-state index contributed by atoms with van der Waals surface area (Å²) in [6, 6.07) is 2.79. The van der Waals surface area contributed by atoms with Gasteiger partial charge >= 0.3 is 5.97 Å². The first-order valence-corrected chi connectivity index (χ1v) is 5.41. The summed E-state index contributed by atoms with van der Waals surface area (Å²) in [4.78, 5) is 11.4. The van der Waals surface area contributed by atoms with E-state index in [1.807, 2.05) is 0 Å². The third kappa shape index (κ3) is 3.66. The molecule has 0 radical (unpaired) electrons. The molecule has 0 fully saturated rings. The van der Waals surface area contributed by atoms with Gasteiger partial charge in [-0.05, 0) is 26.0 Å². The van der Waals surface area contributed by atoms with E-state index in [9.17, 15) is 13.6 Å². The van der Waals surface area contributed by atoms with E-state index in [-0.39, 0.29) is 19.0 Å². The van der Waals surface area contributed by atoms with Crippen molar-refractivity contribution in [1.29, 1.82) is 0 Å². The molecule has 0 aromatic heterocycles. The summed E-state index contributed by atoms with van der Waals surface area (Å²) in [5.41, 5.74) is 4.24. The molecule has 1 aromatic carbocycles. The fourth-order valence-electron chi connectivity index (χ4n) is 1.17. The zero-order valence-electron chi connectivity index (χ0n) is 10.2. The van der Waals surface area contributed by atoms with Gasteiger partial charge in [-0.1, -0.05) is 0 Å². The van der Waals surface area contributed by atoms with Crippen molar-refractivity contribution in [2.75, 3.05) is 13.2 Å². The van der Waals surface area contributed by atoms with Gasteiger partial charge in [0.15, 0.2) is 11.6 Å². The minimum atomic E-state index is -1.42. The van der Waals surface area contributed by atoms with Gasteiger partial charge in [0.1, 0.15) is 18.0 Å². The van der Waals surface area contributed by atoms with Crippen molar-refractivity contribution in [3.05, 3.63) is 29.8 Å². The minimum absolute atomic E-state index is 0.181. The molecule has 0 amide bonds. The number of benzene rings is 1. The van der Waals surface area contributed by atoms with Crippen LogP contribution in [0, 0.1) is 11.6 Å². The highest BCUT2D eigenvalue weighted by Gasteiger charge is 2.31. The lowest BCUT2D eigenvalue weighted by Crippen LogP contribution is -2.51. The molecule has 2 N–H and O–H groups in total. The van der Waals surface area contributed by atoms with Crippen molar-refractivity contribution in [3.8, 4) is 5.75 Å². The zero-order chi connectivity index (χ0) is 13.8. The van der Waals surface area contributed by atoms with E-state index in [0.717, 1.165) is 18.2 Å². The maximum Gasteiger partial charge on any atom is 0.329 e. The van der Waals surface area contributed by atoms with Crippen molar-refractivity contribution in [2.45, 2.75) is 19.4 Å². The van der Waals surface area contributed by atoms with Gasteiger partial charge in [-0.15, -0.1) is 0 Å². The summed E-state index contributed by atoms with van der Waals surface area (Å²) in [7, 11) is 0. The van der Waals surface area contributed by atoms with Crippen LogP contribution in [0.3, 0.4) is 0 Å². The number of halogens is 2. The quantitative estimate of drug-likeness (QED) is 0.816. The Morgan fingerprint density at radius 1 is 1.44 bits per heavy atom. The Labute approximate surface area is 104 Å². The summed E-state index contributed by atoms with van der Waals surface area (Å²) < 4.78 is 35.9. The van der Waals surface area contributed by atoms with Gasteiger partial charge < -0.3 is 15.2 Å². The first-order chi connectivity index (χ1) is 8.36. The number of rotatable bonds is 5. The monoisotopic (exact) mass is 259 g/mol. The molecular weight excluding hydrogens is 244 g/mol. The van der Waals surface area contributed by atoms with Crippen molar-refractivity contribution in [1.82, 2.24) is 0 Å². The maximum absolute atomic E-state index is 13.2. The number of hydrogen-bond donors (Lipinski definition) is 1. The fourth-order valence-corrected chi connectivity index (χ4v) is 1.17. The first-order valence-electron chi connectivity index (χ1n) is 5.41. The first kappa shape index (κ1) is 14.4. The predicted octanol–water partition coefficient (Wildman–Crippen LogP) is 1.62. The van der Waals surface area contributed by atoms with Crippen LogP contribution in [0.4, 0.5) is 8.78 Å². The zero-order valence-corrected chi connectivity index (χ0v) is 10.2. The molecule has 0 spiro atoms. The van der Waals surface area contributed by atoms with E-state index in [2.05, 4.69) is 0 Å². The second-order valence-electron chi connectivity index (χ2n) is 4.00. The average Bonchev–Trinajstić information content (AvgIpc) is 2.31. The fraction of sp³-hybridized carbons (Fsp3) is 0.417. The van der Waals surface area contributed by atoms with Gasteiger partial charge in [0, 0.05) is 6.07 Å². The number of carbonyl (C=O) groups excluding carboxylic acids is 1. The lowest BCUT2D eigenvalue weighted by atomic mass is 10.1. The van der Waals surface area contributed by atoms with Gasteiger partial charge in [0.05, 0.1) is 6.61 Å². The smallest absolute Gasteiger partial charge is 0.329 e. The number of esters is 1. The Morgan fingerprint density at radius 2 is 2.11 bits per heavy atom. The minimum Gasteiger partial charge on any atom is -0.488 e. The molecule has 0 aliphatic heterocycles. The Balaban J connectivity index is 2.69. The van der Waals surface area contributed by atoms with Crippen LogP contribution >= 0.6 is 0 Å². The summed E-state index contributed by atoms with van der Waals surface area (Å²) >= 11 is 0. The molecule has 1 rings (SSSR count). The summed E-state index contributed by atoms with van der Waals surface area (Å²) in [6.07, 6.45) is 0. The summed E-state index contributed by atoms with van der Waals surface area (Å²) in [5, 5.41) is 0. The lowest BCUT2D eigenvalue weighted by Gasteiger charge is -2.22. The van der Waals surface area contributed by atoms with Gasteiger partial charge in [-0.25, -0.2) is 13.6 Å². The largest absolute Gasteiger partial charge is 0.488 e. The summed E-state index contributed by atoms with van der Waals surface area (Å²) in [6.45, 7) is 2.90. The van der Waals surface area contributed by atoms with E-state index in [1.165, 1.54) is 6.92 Å². The number of ether oxygens (including phenoxy) is 2. The Morgan fingerprint density at radius 3 is 2.72 bits per heavy atom. The average molecular weight is 259 g/mol. The highest BCUT2D eigenvalue weighted by Crippen LogP contribution is 2.19. The van der Waals surface area contributed by atoms with Crippen molar-refractivity contribution < 1.29 is 23.0 Å². The van der Waals surface area contributed by atoms with Crippen molar-refractivity contribution in [2.24, 2.45) is 5.73 Å². The third-order valence-corrected chi connectivity index (χ3v) is 2.16. The predicted molar refractivity (Wildman–Crippen MR) is 61.1 cm³/mol. The van der Waals surface area contributed by atoms with Gasteiger partial charge in [0.2, 0.25) is 0 Å². The second-order valence-corrected chi connectivity index (χ2v) is 4.00. The Kier molecular flexibility index (Phi) is 4.61. The van der Waals surface area contributed by atoms with Crippen LogP contribution in [0.2, 0.25) is 0 Å². The molecule has 0 saturated carbocycles. The molecule has 0 saturated heterocycles. The molecule has 1 aromatic rings. The van der Waals surface area contributed by atoms with Crippen LogP contribution in [0.25, 0.3) is 0 Å². The van der Waals surface area contributed by atoms with Gasteiger partial charge in [-0.2, -0.15) is 0 Å². The summed E-state index contributed by atoms with van der Waals surface area (Å²) in [5.74, 6) is -2.32. The van der Waals surface area contributed by atoms with Gasteiger partial charge in [0.25, 0.3) is 0 Å². The van der Waals surface area contributed by atoms with Crippen molar-refractivity contribution >= 4 is 5.97 Å². The molecular formula is C12H15F2NO3. The number of carbonyl (C=O) groups is 1. The molecule has 0 aliphatic carbocycles. The Hall–Kier alpha value is -1.69. The van der Waals surface area contributed by atoms with E-state index in [4.69, 9.17) is 15.2 Å². The van der Waals surface area contributed by atoms with E-state index < -0.39 is 23.1 Å². The maximum atomic E-state index is 13.2. The van der Waals surface area contributed by atoms with E-state index in [0.29, 0.717) is 0 Å². The molecule has 1 unspecified atom stereocenters. The third-order valence-electron chi connectivity index (χ3n) is 2.16. The van der Waals surface area contributed by atoms with Gasteiger partial charge in [-0.3, -0.25) is 0 Å². The molecule has 0 aliphatic rings. The normalized spacial score (nSPS) is 13.8. The van der Waals surface area contributed by atoms with E-state index >= 15 is 0 Å². The molecule has 0 bridgehead atoms. The molecule has 18 heavy (non-hydrogen) atoms. The van der Waals surface area contributed by atoms with Crippen LogP contribution in [-0.2, 0) is 9.53 Å². The molecule has 1 atom stereocenters. The van der Waals surface area contributed by atoms with Crippen LogP contribution in [0.15, 0.2) is 18.2 Å². The topological polar surface area (TPSA) is 61.5 Å². The highest BCUT2D eigenvalue weighted by atomic mass is 19.1. The molecule has 0 heterocycles. The molecule has 4 nitrogen and oxygen atoms in total.